The van der Waals surface area contributed by atoms with Gasteiger partial charge in [-0.05, 0) is 55.4 Å². The van der Waals surface area contributed by atoms with Gasteiger partial charge in [0, 0.05) is 22.7 Å². The van der Waals surface area contributed by atoms with E-state index in [0.717, 1.165) is 29.4 Å². The Bertz CT molecular complexity index is 1290. The number of benzene rings is 1. The first kappa shape index (κ1) is 24.5. The molecule has 0 amide bonds. The molecule has 5 rings (SSSR count). The Morgan fingerprint density at radius 3 is 2.60 bits per heavy atom. The Morgan fingerprint density at radius 1 is 1.14 bits per heavy atom. The first-order valence-corrected chi connectivity index (χ1v) is 13.7. The van der Waals surface area contributed by atoms with Crippen LogP contribution in [0.2, 0.25) is 5.02 Å². The van der Waals surface area contributed by atoms with Crippen LogP contribution in [0.4, 0.5) is 0 Å². The topological polar surface area (TPSA) is 130 Å². The number of aliphatic hydroxyl groups is 1. The van der Waals surface area contributed by atoms with Gasteiger partial charge in [-0.2, -0.15) is 8.42 Å². The van der Waals surface area contributed by atoms with E-state index in [9.17, 15) is 13.5 Å². The lowest BCUT2D eigenvalue weighted by Crippen LogP contribution is -2.24. The van der Waals surface area contributed by atoms with E-state index >= 15 is 0 Å². The fourth-order valence-electron chi connectivity index (χ4n) is 5.44. The van der Waals surface area contributed by atoms with Crippen LogP contribution in [0.15, 0.2) is 36.7 Å². The summed E-state index contributed by atoms with van der Waals surface area (Å²) in [4.78, 5) is 9.02. The summed E-state index contributed by atoms with van der Waals surface area (Å²) in [5.41, 5.74) is 2.91. The Labute approximate surface area is 209 Å². The van der Waals surface area contributed by atoms with Gasteiger partial charge in [0.05, 0.1) is 18.1 Å². The maximum atomic E-state index is 11.3. The minimum Gasteiger partial charge on any atom is -0.472 e. The highest BCUT2D eigenvalue weighted by atomic mass is 35.5. The summed E-state index contributed by atoms with van der Waals surface area (Å²) in [5, 5.41) is 17.2. The number of nitrogens with two attached hydrogens (primary N) is 1. The Balaban J connectivity index is 1.46. The molecule has 1 unspecified atom stereocenters. The van der Waals surface area contributed by atoms with Crippen molar-refractivity contribution in [2.24, 2.45) is 11.1 Å². The smallest absolute Gasteiger partial charge is 0.333 e. The van der Waals surface area contributed by atoms with E-state index in [-0.39, 0.29) is 18.6 Å². The lowest BCUT2D eigenvalue weighted by Gasteiger charge is -2.21. The zero-order chi connectivity index (χ0) is 24.6. The van der Waals surface area contributed by atoms with Crippen LogP contribution in [0.3, 0.4) is 0 Å². The number of ether oxygens (including phenoxy) is 1. The monoisotopic (exact) mass is 520 g/mol. The van der Waals surface area contributed by atoms with Crippen molar-refractivity contribution in [3.05, 3.63) is 52.9 Å². The predicted molar refractivity (Wildman–Crippen MR) is 131 cm³/mol. The van der Waals surface area contributed by atoms with Gasteiger partial charge in [-0.1, -0.05) is 36.6 Å². The van der Waals surface area contributed by atoms with Crippen molar-refractivity contribution < 1.29 is 22.4 Å². The zero-order valence-corrected chi connectivity index (χ0v) is 20.8. The Kier molecular flexibility index (Phi) is 7.00. The Morgan fingerprint density at radius 2 is 1.89 bits per heavy atom. The van der Waals surface area contributed by atoms with Crippen LogP contribution in [0.25, 0.3) is 11.0 Å². The van der Waals surface area contributed by atoms with Gasteiger partial charge >= 0.3 is 10.3 Å². The second kappa shape index (κ2) is 10.0. The molecule has 0 radical (unpaired) electrons. The summed E-state index contributed by atoms with van der Waals surface area (Å²) >= 11 is 5.99. The van der Waals surface area contributed by atoms with Crippen molar-refractivity contribution in [3.63, 3.8) is 0 Å². The average Bonchev–Trinajstić information content (AvgIpc) is 3.55. The molecule has 9 nitrogen and oxygen atoms in total. The van der Waals surface area contributed by atoms with E-state index in [0.29, 0.717) is 36.3 Å². The van der Waals surface area contributed by atoms with Crippen molar-refractivity contribution in [2.75, 3.05) is 6.61 Å². The van der Waals surface area contributed by atoms with Crippen LogP contribution in [0, 0.1) is 5.92 Å². The molecule has 2 saturated carbocycles. The minimum absolute atomic E-state index is 0.0498. The lowest BCUT2D eigenvalue weighted by atomic mass is 10.0. The lowest BCUT2D eigenvalue weighted by molar-refractivity contribution is 0.100. The SMILES string of the molecule is NS(=O)(=O)OC[C@@H]1CC(n2c(C3CCCC3)cc3c(OCc4ccc(Cl)cc4)ncnc32)C[C@@H]1O. The quantitative estimate of drug-likeness (QED) is 0.461. The second-order valence-electron chi connectivity index (χ2n) is 9.48. The highest BCUT2D eigenvalue weighted by molar-refractivity contribution is 7.84. The van der Waals surface area contributed by atoms with Crippen LogP contribution >= 0.6 is 11.6 Å². The molecule has 2 aliphatic carbocycles. The van der Waals surface area contributed by atoms with E-state index in [1.165, 1.54) is 24.9 Å². The van der Waals surface area contributed by atoms with Crippen molar-refractivity contribution >= 4 is 32.9 Å². The predicted octanol–water partition coefficient (Wildman–Crippen LogP) is 3.85. The minimum atomic E-state index is -4.06. The van der Waals surface area contributed by atoms with E-state index in [4.69, 9.17) is 25.7 Å². The fourth-order valence-corrected chi connectivity index (χ4v) is 5.93. The molecule has 2 aromatic heterocycles. The van der Waals surface area contributed by atoms with Gasteiger partial charge in [0.2, 0.25) is 5.88 Å². The molecule has 35 heavy (non-hydrogen) atoms. The number of aliphatic hydroxyl groups excluding tert-OH is 1. The third kappa shape index (κ3) is 5.46. The summed E-state index contributed by atoms with van der Waals surface area (Å²) in [6, 6.07) is 9.56. The molecule has 3 atom stereocenters. The van der Waals surface area contributed by atoms with Gasteiger partial charge in [0.1, 0.15) is 18.6 Å². The normalized spacial score (nSPS) is 23.3. The number of hydrogen-bond acceptors (Lipinski definition) is 7. The van der Waals surface area contributed by atoms with Crippen LogP contribution in [0.1, 0.15) is 61.7 Å². The molecule has 2 heterocycles. The summed E-state index contributed by atoms with van der Waals surface area (Å²) < 4.78 is 35.6. The van der Waals surface area contributed by atoms with Gasteiger partial charge in [-0.15, -0.1) is 0 Å². The fraction of sp³-hybridized carbons (Fsp3) is 0.500. The molecule has 2 aliphatic rings. The zero-order valence-electron chi connectivity index (χ0n) is 19.2. The van der Waals surface area contributed by atoms with Gasteiger partial charge in [0.25, 0.3) is 0 Å². The van der Waals surface area contributed by atoms with Crippen molar-refractivity contribution in [3.8, 4) is 5.88 Å². The van der Waals surface area contributed by atoms with E-state index < -0.39 is 16.4 Å². The maximum Gasteiger partial charge on any atom is 0.333 e. The van der Waals surface area contributed by atoms with E-state index in [1.54, 1.807) is 0 Å². The first-order valence-electron chi connectivity index (χ1n) is 11.9. The largest absolute Gasteiger partial charge is 0.472 e. The average molecular weight is 521 g/mol. The summed E-state index contributed by atoms with van der Waals surface area (Å²) in [5.74, 6) is 0.565. The van der Waals surface area contributed by atoms with E-state index in [1.807, 2.05) is 24.3 Å². The third-order valence-corrected chi connectivity index (χ3v) is 7.85. The number of fused-ring (bicyclic) bond motifs is 1. The van der Waals surface area contributed by atoms with Crippen molar-refractivity contribution in [2.45, 2.75) is 63.2 Å². The number of nitrogens with zero attached hydrogens (tertiary/aromatic N) is 3. The molecule has 3 aromatic rings. The van der Waals surface area contributed by atoms with Gasteiger partial charge in [-0.25, -0.2) is 15.1 Å². The highest BCUT2D eigenvalue weighted by Crippen LogP contribution is 2.44. The molecule has 1 aromatic carbocycles. The highest BCUT2D eigenvalue weighted by Gasteiger charge is 2.38. The maximum absolute atomic E-state index is 11.3. The van der Waals surface area contributed by atoms with Crippen LogP contribution in [0.5, 0.6) is 5.88 Å². The van der Waals surface area contributed by atoms with Crippen molar-refractivity contribution in [1.82, 2.24) is 14.5 Å². The number of aromatic nitrogens is 3. The van der Waals surface area contributed by atoms with Gasteiger partial charge in [-0.3, -0.25) is 4.18 Å². The molecular weight excluding hydrogens is 492 g/mol. The van der Waals surface area contributed by atoms with E-state index in [2.05, 4.69) is 20.6 Å². The molecule has 3 N–H and O–H groups in total. The molecule has 0 bridgehead atoms. The van der Waals surface area contributed by atoms with Crippen molar-refractivity contribution in [1.29, 1.82) is 0 Å². The van der Waals surface area contributed by atoms with Crippen LogP contribution in [-0.2, 0) is 21.1 Å². The summed E-state index contributed by atoms with van der Waals surface area (Å²) in [6.07, 6.45) is 6.39. The molecule has 0 spiro atoms. The number of rotatable bonds is 8. The third-order valence-electron chi connectivity index (χ3n) is 7.13. The van der Waals surface area contributed by atoms with Gasteiger partial charge < -0.3 is 14.4 Å². The summed E-state index contributed by atoms with van der Waals surface area (Å²) in [7, 11) is -4.06. The first-order chi connectivity index (χ1) is 16.8. The summed E-state index contributed by atoms with van der Waals surface area (Å²) in [6.45, 7) is 0.210. The van der Waals surface area contributed by atoms with Crippen LogP contribution < -0.4 is 9.88 Å². The number of halogens is 1. The Hall–Kier alpha value is -2.24. The number of hydrogen-bond donors (Lipinski definition) is 2. The van der Waals surface area contributed by atoms with Crippen LogP contribution in [-0.4, -0.2) is 40.8 Å². The molecule has 0 aliphatic heterocycles. The molecule has 188 valence electrons. The standard InChI is InChI=1S/C24H29ClN4O5S/c25-18-7-5-15(6-8-18)12-33-24-20-11-21(16-3-1-2-4-16)29(23(20)27-14-28-24)19-9-17(22(30)10-19)13-34-35(26,31)32/h5-8,11,14,16-17,19,22,30H,1-4,9-10,12-13H2,(H2,26,31,32)/t17-,19?,22-/m0/s1. The van der Waals surface area contributed by atoms with Gasteiger partial charge in [0.15, 0.2) is 0 Å². The molecular formula is C24H29ClN4O5S. The molecule has 2 fully saturated rings. The second-order valence-corrected chi connectivity index (χ2v) is 11.1. The molecule has 0 saturated heterocycles. The molecule has 11 heteroatoms.